The van der Waals surface area contributed by atoms with E-state index in [1.165, 1.54) is 35.3 Å². The summed E-state index contributed by atoms with van der Waals surface area (Å²) < 4.78 is 87.6. The fourth-order valence-corrected chi connectivity index (χ4v) is 11.7. The second-order valence-corrected chi connectivity index (χ2v) is 29.2. The molecule has 24 heteroatoms. The van der Waals surface area contributed by atoms with Crippen LogP contribution in [-0.4, -0.2) is 176 Å². The number of benzene rings is 6. The number of unbranched alkanes of at least 4 members (excludes halogenated alkanes) is 1. The quantitative estimate of drug-likeness (QED) is 0.0200. The van der Waals surface area contributed by atoms with Crippen LogP contribution in [0.5, 0.6) is 34.5 Å². The Morgan fingerprint density at radius 2 is 0.888 bits per heavy atom. The number of hydroxylamine groups is 2. The van der Waals surface area contributed by atoms with Crippen LogP contribution < -0.4 is 26.6 Å². The Balaban J connectivity index is 0.000000373. The van der Waals surface area contributed by atoms with E-state index in [1.807, 2.05) is 123 Å². The first kappa shape index (κ1) is 93.6. The summed E-state index contributed by atoms with van der Waals surface area (Å²) in [4.78, 5) is 71.8. The van der Waals surface area contributed by atoms with Crippen molar-refractivity contribution in [2.24, 2.45) is 17.8 Å². The molecule has 107 heavy (non-hydrogen) atoms. The molecular formula is C83H112ClF3MgN4O15. The van der Waals surface area contributed by atoms with Gasteiger partial charge in [-0.05, 0) is 200 Å². The molecule has 4 atom stereocenters. The first-order chi connectivity index (χ1) is 49.6. The third-order valence-electron chi connectivity index (χ3n) is 17.1. The molecule has 0 bridgehead atoms. The Morgan fingerprint density at radius 3 is 1.32 bits per heavy atom. The average Bonchev–Trinajstić information content (AvgIpc) is 0.769. The minimum Gasteiger partial charge on any atom is -1.00 e. The maximum Gasteiger partial charge on any atom is 2.00 e. The number of methoxy groups -OCH3 is 2. The monoisotopic (exact) mass is 1520 g/mol. The topological polar surface area (TPSA) is 202 Å². The molecule has 584 valence electrons. The Morgan fingerprint density at radius 1 is 0.505 bits per heavy atom. The van der Waals surface area contributed by atoms with E-state index in [4.69, 9.17) is 42.7 Å². The Bertz CT molecular complexity index is 3690. The van der Waals surface area contributed by atoms with Crippen molar-refractivity contribution >= 4 is 53.0 Å². The number of amides is 4. The number of ether oxygens (including phenoxy) is 8. The minimum atomic E-state index is -1.51. The molecule has 0 saturated carbocycles. The van der Waals surface area contributed by atoms with Crippen LogP contribution in [0.3, 0.4) is 0 Å². The molecule has 6 aromatic rings. The summed E-state index contributed by atoms with van der Waals surface area (Å²) in [5, 5.41) is 13.3. The van der Waals surface area contributed by atoms with E-state index >= 15 is 8.78 Å². The van der Waals surface area contributed by atoms with Crippen LogP contribution in [0.25, 0.3) is 0 Å². The number of para-hydroxylation sites is 4. The predicted octanol–water partition coefficient (Wildman–Crippen LogP) is 15.4. The molecule has 3 fully saturated rings. The van der Waals surface area contributed by atoms with Gasteiger partial charge in [-0.15, -0.1) is 0 Å². The number of piperidine rings is 3. The maximum absolute atomic E-state index is 15.9. The Hall–Kier alpha value is -7.64. The molecule has 3 saturated heterocycles. The van der Waals surface area contributed by atoms with Crippen molar-refractivity contribution in [1.82, 2.24) is 19.8 Å². The molecule has 3 aliphatic rings. The van der Waals surface area contributed by atoms with E-state index in [1.54, 1.807) is 106 Å². The van der Waals surface area contributed by atoms with Crippen LogP contribution in [-0.2, 0) is 38.9 Å². The van der Waals surface area contributed by atoms with E-state index in [2.05, 4.69) is 6.92 Å². The van der Waals surface area contributed by atoms with Crippen molar-refractivity contribution in [3.05, 3.63) is 186 Å². The van der Waals surface area contributed by atoms with E-state index in [0.29, 0.717) is 88.6 Å². The normalized spacial score (nSPS) is 16.1. The van der Waals surface area contributed by atoms with Crippen molar-refractivity contribution in [3.63, 3.8) is 0 Å². The van der Waals surface area contributed by atoms with Gasteiger partial charge < -0.3 is 77.0 Å². The maximum atomic E-state index is 15.9. The largest absolute Gasteiger partial charge is 2.00 e. The van der Waals surface area contributed by atoms with Gasteiger partial charge in [-0.25, -0.2) is 32.6 Å². The molecule has 9 rings (SSSR count). The molecule has 4 amide bonds. The van der Waals surface area contributed by atoms with Crippen LogP contribution in [0.1, 0.15) is 159 Å². The molecule has 3 aliphatic heterocycles. The van der Waals surface area contributed by atoms with Gasteiger partial charge in [0.1, 0.15) is 34.1 Å². The first-order valence-electron chi connectivity index (χ1n) is 36.0. The summed E-state index contributed by atoms with van der Waals surface area (Å²) in [5.41, 5.74) is -0.352. The SMILES string of the molecule is COCCC[C@@](O)(c1cccc(Oc2ccccc2C)c1F)[C@@H]1CCCN(C(=O)OC(C)(C)C)C1.CON(C)C(=O)[C@@H]1CCCN(C(=O)OC(C)(C)C)C1.Cc1ccccc1Oc1cccc(C(=O)[C@@H]2CCCN(C(=O)OC(C)(C)C)C2)c1F.Cc1ccccc1Oc1ccccc1F.[CH2-]CCCOC.[Cl-].[Mg+2]. The van der Waals surface area contributed by atoms with Crippen LogP contribution in [0.15, 0.2) is 133 Å². The van der Waals surface area contributed by atoms with Gasteiger partial charge in [-0.2, -0.15) is 6.42 Å². The second kappa shape index (κ2) is 45.4. The zero-order valence-corrected chi connectivity index (χ0v) is 67.7. The van der Waals surface area contributed by atoms with Gasteiger partial charge in [0, 0.05) is 91.1 Å². The molecule has 19 nitrogen and oxygen atoms in total. The van der Waals surface area contributed by atoms with Crippen LogP contribution in [0, 0.1) is 62.9 Å². The Labute approximate surface area is 654 Å². The third-order valence-corrected chi connectivity index (χ3v) is 17.1. The van der Waals surface area contributed by atoms with Crippen molar-refractivity contribution < 1.29 is 97.4 Å². The fraction of sp³-hybridized carbons (Fsp3) is 0.494. The van der Waals surface area contributed by atoms with Gasteiger partial charge in [-0.3, -0.25) is 14.4 Å². The van der Waals surface area contributed by atoms with Crippen molar-refractivity contribution in [1.29, 1.82) is 0 Å². The summed E-state index contributed by atoms with van der Waals surface area (Å²) in [6, 6.07) is 38.1. The van der Waals surface area contributed by atoms with Gasteiger partial charge in [0.25, 0.3) is 5.91 Å². The van der Waals surface area contributed by atoms with Gasteiger partial charge in [0.05, 0.1) is 24.2 Å². The number of carbonyl (C=O) groups is 5. The molecule has 1 N–H and O–H groups in total. The Kier molecular flexibility index (Phi) is 39.7. The summed E-state index contributed by atoms with van der Waals surface area (Å²) >= 11 is 0. The summed E-state index contributed by atoms with van der Waals surface area (Å²) in [5.74, 6) is -1.01. The van der Waals surface area contributed by atoms with E-state index in [-0.39, 0.29) is 112 Å². The number of rotatable bonds is 19. The molecule has 0 spiro atoms. The van der Waals surface area contributed by atoms with Gasteiger partial charge in [0.15, 0.2) is 40.5 Å². The minimum absolute atomic E-state index is 0. The molecule has 6 aromatic carbocycles. The summed E-state index contributed by atoms with van der Waals surface area (Å²) in [6.45, 7) is 29.6. The summed E-state index contributed by atoms with van der Waals surface area (Å²) in [7, 11) is 6.33. The van der Waals surface area contributed by atoms with Gasteiger partial charge >= 0.3 is 41.3 Å². The van der Waals surface area contributed by atoms with E-state index in [0.717, 1.165) is 49.0 Å². The van der Waals surface area contributed by atoms with Crippen LogP contribution in [0.2, 0.25) is 0 Å². The summed E-state index contributed by atoms with van der Waals surface area (Å²) in [6.07, 6.45) is 5.85. The van der Waals surface area contributed by atoms with Gasteiger partial charge in [0.2, 0.25) is 0 Å². The smallest absolute Gasteiger partial charge is 1.00 e. The number of aryl methyl sites for hydroxylation is 3. The number of hydrogen-bond acceptors (Lipinski definition) is 15. The van der Waals surface area contributed by atoms with Gasteiger partial charge in [-0.1, -0.05) is 91.3 Å². The number of nitrogens with zero attached hydrogens (tertiary/aromatic N) is 4. The number of ketones is 1. The first-order valence-corrected chi connectivity index (χ1v) is 36.0. The standard InChI is InChI=1S/C28H38FNO5.C24H28FNO4.C13H11FO.C13H24N2O4.C5H11O.ClH.Mg/c1-20-11-6-7-14-23(20)34-24-15-8-13-22(25(24)29)28(32,16-10-18-33-5)21-12-9-17-30(19-21)26(31)35-27(2,3)4;1-16-9-5-6-12-19(16)29-20-13-7-11-18(21(20)25)22(27)17-10-8-14-26(15-17)23(28)30-24(2,3)4;1-10-6-2-4-8-12(10)15-13-9-5-3-7-11(13)14;1-13(2,3)19-12(17)15-8-6-7-10(9-15)11(16)14(4)18-5;1-3-4-5-6-2;;/h6-8,11,13-15,21,32H,9-10,12,16-19H2,1-5H3;5-7,9,11-13,17H,8,10,14-15H2,1-4H3;2-9H,1H3;10H,6-9H2,1-5H3;1,3-5H2,2H3;1H;/q;;;;-1;;+2/p-1/t21-,28+;17-;;10-;;;/m11.1.../s1. The number of aliphatic hydroxyl groups is 1. The zero-order valence-electron chi connectivity index (χ0n) is 65.5. The van der Waals surface area contributed by atoms with E-state index < -0.39 is 52.1 Å². The van der Waals surface area contributed by atoms with Crippen LogP contribution in [0.4, 0.5) is 27.6 Å². The van der Waals surface area contributed by atoms with Crippen LogP contribution >= 0.6 is 0 Å². The number of carbonyl (C=O) groups excluding carboxylic acids is 5. The molecule has 0 unspecified atom stereocenters. The van der Waals surface area contributed by atoms with Crippen molar-refractivity contribution in [2.75, 3.05) is 80.9 Å². The number of halogens is 4. The predicted molar refractivity (Wildman–Crippen MR) is 406 cm³/mol. The second-order valence-electron chi connectivity index (χ2n) is 29.2. The van der Waals surface area contributed by atoms with E-state index in [9.17, 15) is 33.5 Å². The molecule has 0 radical (unpaired) electrons. The molecule has 3 heterocycles. The number of likely N-dealkylation sites (tertiary alicyclic amines) is 3. The third kappa shape index (κ3) is 30.7. The molecular weight excluding hydrogens is 1410 g/mol. The van der Waals surface area contributed by atoms with Crippen molar-refractivity contribution in [3.8, 4) is 34.5 Å². The van der Waals surface area contributed by atoms with Crippen molar-refractivity contribution in [2.45, 2.75) is 170 Å². The number of hydrogen-bond donors (Lipinski definition) is 1. The molecule has 0 aliphatic carbocycles. The fourth-order valence-electron chi connectivity index (χ4n) is 11.7. The zero-order chi connectivity index (χ0) is 77.7. The molecule has 0 aromatic heterocycles. The number of Topliss-reactive ketones (excluding diaryl/α,β-unsaturated/α-hetero) is 1. The average molecular weight is 1520 g/mol.